The summed E-state index contributed by atoms with van der Waals surface area (Å²) in [5.74, 6) is -0.00456. The van der Waals surface area contributed by atoms with E-state index >= 15 is 0 Å². The molecule has 0 spiro atoms. The fraction of sp³-hybridized carbons (Fsp3) is 0.562. The number of nitrogens with one attached hydrogen (secondary N) is 1. The second-order valence-electron chi connectivity index (χ2n) is 5.88. The topological polar surface area (TPSA) is 49.3 Å². The molecule has 116 valence electrons. The maximum Gasteiger partial charge on any atom is 0.252 e. The molecule has 1 aromatic carbocycles. The highest BCUT2D eigenvalue weighted by Gasteiger charge is 2.33. The molecule has 1 amide bonds. The maximum atomic E-state index is 13.0. The van der Waals surface area contributed by atoms with Crippen LogP contribution in [0.2, 0.25) is 0 Å². The number of benzene rings is 1. The van der Waals surface area contributed by atoms with Crippen LogP contribution in [-0.4, -0.2) is 23.2 Å². The molecule has 21 heavy (non-hydrogen) atoms. The Morgan fingerprint density at radius 1 is 1.48 bits per heavy atom. The van der Waals surface area contributed by atoms with Gasteiger partial charge in [0.15, 0.2) is 0 Å². The fourth-order valence-corrected chi connectivity index (χ4v) is 3.34. The van der Waals surface area contributed by atoms with E-state index in [-0.39, 0.29) is 12.5 Å². The summed E-state index contributed by atoms with van der Waals surface area (Å²) in [7, 11) is 0. The van der Waals surface area contributed by atoms with E-state index in [1.165, 1.54) is 18.2 Å². The molecule has 1 aromatic rings. The second kappa shape index (κ2) is 6.88. The summed E-state index contributed by atoms with van der Waals surface area (Å²) in [5, 5.41) is 13.3. The summed E-state index contributed by atoms with van der Waals surface area (Å²) in [6, 6.07) is 3.95. The number of hydrogen-bond donors (Lipinski definition) is 2. The van der Waals surface area contributed by atoms with Gasteiger partial charge in [0.05, 0.1) is 11.2 Å². The van der Waals surface area contributed by atoms with E-state index in [4.69, 9.17) is 0 Å². The van der Waals surface area contributed by atoms with Crippen molar-refractivity contribution < 1.29 is 14.3 Å². The summed E-state index contributed by atoms with van der Waals surface area (Å²) in [4.78, 5) is 12.1. The zero-order chi connectivity index (χ0) is 15.5. The molecule has 1 aliphatic carbocycles. The number of amides is 1. The van der Waals surface area contributed by atoms with E-state index in [9.17, 15) is 14.3 Å². The van der Waals surface area contributed by atoms with E-state index < -0.39 is 11.4 Å². The normalized spacial score (nSPS) is 25.6. The van der Waals surface area contributed by atoms with Crippen LogP contribution >= 0.6 is 15.9 Å². The van der Waals surface area contributed by atoms with Gasteiger partial charge in [-0.2, -0.15) is 0 Å². The summed E-state index contributed by atoms with van der Waals surface area (Å²) >= 11 is 3.18. The molecular weight excluding hydrogens is 337 g/mol. The lowest BCUT2D eigenvalue weighted by atomic mass is 9.78. The van der Waals surface area contributed by atoms with Gasteiger partial charge in [0.1, 0.15) is 5.82 Å². The van der Waals surface area contributed by atoms with Crippen LogP contribution in [0.5, 0.6) is 0 Å². The van der Waals surface area contributed by atoms with Gasteiger partial charge in [-0.3, -0.25) is 4.79 Å². The number of hydrogen-bond acceptors (Lipinski definition) is 2. The van der Waals surface area contributed by atoms with Crippen LogP contribution < -0.4 is 5.32 Å². The van der Waals surface area contributed by atoms with Crippen molar-refractivity contribution in [2.75, 3.05) is 6.54 Å². The van der Waals surface area contributed by atoms with Crippen LogP contribution in [0.25, 0.3) is 0 Å². The van der Waals surface area contributed by atoms with E-state index in [2.05, 4.69) is 28.2 Å². The van der Waals surface area contributed by atoms with Crippen molar-refractivity contribution >= 4 is 21.8 Å². The van der Waals surface area contributed by atoms with E-state index in [0.717, 1.165) is 32.1 Å². The minimum absolute atomic E-state index is 0.242. The Labute approximate surface area is 133 Å². The van der Waals surface area contributed by atoms with Crippen LogP contribution in [0.1, 0.15) is 49.4 Å². The zero-order valence-electron chi connectivity index (χ0n) is 12.2. The third-order valence-corrected chi connectivity index (χ3v) is 5.02. The quantitative estimate of drug-likeness (QED) is 0.863. The minimum Gasteiger partial charge on any atom is -0.388 e. The van der Waals surface area contributed by atoms with Gasteiger partial charge in [-0.25, -0.2) is 4.39 Å². The summed E-state index contributed by atoms with van der Waals surface area (Å²) in [6.07, 6.45) is 4.59. The molecule has 0 unspecified atom stereocenters. The third kappa shape index (κ3) is 4.27. The summed E-state index contributed by atoms with van der Waals surface area (Å²) < 4.78 is 13.4. The van der Waals surface area contributed by atoms with Crippen molar-refractivity contribution in [1.29, 1.82) is 0 Å². The van der Waals surface area contributed by atoms with E-state index in [0.29, 0.717) is 16.0 Å². The largest absolute Gasteiger partial charge is 0.388 e. The van der Waals surface area contributed by atoms with Gasteiger partial charge in [-0.1, -0.05) is 13.3 Å². The Morgan fingerprint density at radius 2 is 2.14 bits per heavy atom. The Kier molecular flexibility index (Phi) is 5.38. The lowest BCUT2D eigenvalue weighted by Gasteiger charge is -2.35. The molecule has 2 rings (SSSR count). The third-order valence-electron chi connectivity index (χ3n) is 4.37. The van der Waals surface area contributed by atoms with Gasteiger partial charge < -0.3 is 10.4 Å². The SMILES string of the molecule is CCC1CCC(O)(CNC(=O)c2ccc(F)cc2Br)CC1. The molecule has 0 aromatic heterocycles. The van der Waals surface area contributed by atoms with Crippen LogP contribution in [-0.2, 0) is 0 Å². The van der Waals surface area contributed by atoms with Crippen LogP contribution in [0, 0.1) is 11.7 Å². The zero-order valence-corrected chi connectivity index (χ0v) is 13.7. The minimum atomic E-state index is -0.812. The van der Waals surface area contributed by atoms with Crippen LogP contribution in [0.4, 0.5) is 4.39 Å². The van der Waals surface area contributed by atoms with Crippen LogP contribution in [0.15, 0.2) is 22.7 Å². The van der Waals surface area contributed by atoms with Crippen molar-refractivity contribution in [2.24, 2.45) is 5.92 Å². The standard InChI is InChI=1S/C16H21BrFNO2/c1-2-11-5-7-16(21,8-6-11)10-19-15(20)13-4-3-12(18)9-14(13)17/h3-4,9,11,21H,2,5-8,10H2,1H3,(H,19,20). The van der Waals surface area contributed by atoms with Crippen molar-refractivity contribution in [3.05, 3.63) is 34.1 Å². The second-order valence-corrected chi connectivity index (χ2v) is 6.74. The van der Waals surface area contributed by atoms with Crippen LogP contribution in [0.3, 0.4) is 0 Å². The molecule has 1 aliphatic rings. The molecule has 0 bridgehead atoms. The monoisotopic (exact) mass is 357 g/mol. The fourth-order valence-electron chi connectivity index (χ4n) is 2.81. The molecule has 5 heteroatoms. The average molecular weight is 358 g/mol. The number of carbonyl (C=O) groups excluding carboxylic acids is 1. The molecule has 2 N–H and O–H groups in total. The molecule has 1 saturated carbocycles. The Bertz CT molecular complexity index is 513. The van der Waals surface area contributed by atoms with Gasteiger partial charge in [0, 0.05) is 11.0 Å². The predicted molar refractivity (Wildman–Crippen MR) is 83.6 cm³/mol. The van der Waals surface area contributed by atoms with E-state index in [1.54, 1.807) is 0 Å². The molecule has 1 fully saturated rings. The molecule has 3 nitrogen and oxygen atoms in total. The summed E-state index contributed by atoms with van der Waals surface area (Å²) in [5.41, 5.74) is -0.435. The molecule has 0 saturated heterocycles. The number of halogens is 2. The molecular formula is C16H21BrFNO2. The predicted octanol–water partition coefficient (Wildman–Crippen LogP) is 3.65. The number of rotatable bonds is 4. The number of carbonyl (C=O) groups is 1. The molecule has 0 heterocycles. The summed E-state index contributed by atoms with van der Waals surface area (Å²) in [6.45, 7) is 2.41. The van der Waals surface area contributed by atoms with Crippen molar-refractivity contribution in [3.8, 4) is 0 Å². The van der Waals surface area contributed by atoms with Gasteiger partial charge in [-0.05, 0) is 65.7 Å². The van der Waals surface area contributed by atoms with Gasteiger partial charge >= 0.3 is 0 Å². The first-order valence-electron chi connectivity index (χ1n) is 7.39. The maximum absolute atomic E-state index is 13.0. The Morgan fingerprint density at radius 3 is 2.71 bits per heavy atom. The first-order valence-corrected chi connectivity index (χ1v) is 8.18. The Hall–Kier alpha value is -0.940. The van der Waals surface area contributed by atoms with Crippen molar-refractivity contribution in [1.82, 2.24) is 5.32 Å². The first kappa shape index (κ1) is 16.4. The van der Waals surface area contributed by atoms with Crippen molar-refractivity contribution in [2.45, 2.75) is 44.6 Å². The van der Waals surface area contributed by atoms with Crippen molar-refractivity contribution in [3.63, 3.8) is 0 Å². The first-order chi connectivity index (χ1) is 9.93. The lowest BCUT2D eigenvalue weighted by Crippen LogP contribution is -2.45. The smallest absolute Gasteiger partial charge is 0.252 e. The highest BCUT2D eigenvalue weighted by Crippen LogP contribution is 2.33. The molecule has 0 atom stereocenters. The van der Waals surface area contributed by atoms with Gasteiger partial charge in [-0.15, -0.1) is 0 Å². The van der Waals surface area contributed by atoms with E-state index in [1.807, 2.05) is 0 Å². The Balaban J connectivity index is 1.92. The molecule has 0 aliphatic heterocycles. The lowest BCUT2D eigenvalue weighted by molar-refractivity contribution is -0.00787. The van der Waals surface area contributed by atoms with Gasteiger partial charge in [0.25, 0.3) is 5.91 Å². The van der Waals surface area contributed by atoms with Gasteiger partial charge in [0.2, 0.25) is 0 Å². The average Bonchev–Trinajstić information content (AvgIpc) is 2.46. The number of aliphatic hydroxyl groups is 1. The highest BCUT2D eigenvalue weighted by molar-refractivity contribution is 9.10. The highest BCUT2D eigenvalue weighted by atomic mass is 79.9. The molecule has 0 radical (unpaired) electrons.